The van der Waals surface area contributed by atoms with Gasteiger partial charge in [-0.25, -0.2) is 0 Å². The van der Waals surface area contributed by atoms with Crippen LogP contribution in [0.4, 0.5) is 5.69 Å². The summed E-state index contributed by atoms with van der Waals surface area (Å²) in [6.07, 6.45) is -0.344. The average Bonchev–Trinajstić information content (AvgIpc) is 2.94. The topological polar surface area (TPSA) is 79.5 Å². The monoisotopic (exact) mass is 271 g/mol. The number of amides is 1. The van der Waals surface area contributed by atoms with Gasteiger partial charge in [0.2, 0.25) is 5.78 Å². The predicted molar refractivity (Wildman–Crippen MR) is 71.4 cm³/mol. The number of anilines is 1. The molecule has 5 heteroatoms. The fourth-order valence-electron chi connectivity index (χ4n) is 2.38. The molecule has 5 nitrogen and oxygen atoms in total. The molecule has 2 N–H and O–H groups in total. The van der Waals surface area contributed by atoms with E-state index in [0.717, 1.165) is 0 Å². The summed E-state index contributed by atoms with van der Waals surface area (Å²) in [4.78, 5) is 24.1. The number of aryl methyl sites for hydroxylation is 1. The number of fused-ring (bicyclic) bond motifs is 1. The molecule has 1 amide bonds. The first-order valence-electron chi connectivity index (χ1n) is 6.24. The lowest BCUT2D eigenvalue weighted by atomic mass is 9.89. The molecule has 1 aliphatic rings. The summed E-state index contributed by atoms with van der Waals surface area (Å²) in [6.45, 7) is 1.73. The minimum atomic E-state index is -1.84. The molecule has 0 spiro atoms. The lowest BCUT2D eigenvalue weighted by molar-refractivity contribution is -0.133. The summed E-state index contributed by atoms with van der Waals surface area (Å²) in [5.74, 6) is -0.243. The van der Waals surface area contributed by atoms with Crippen LogP contribution in [0.1, 0.15) is 28.3 Å². The molecule has 0 saturated carbocycles. The minimum Gasteiger partial charge on any atom is -0.458 e. The molecule has 1 aromatic heterocycles. The zero-order valence-electron chi connectivity index (χ0n) is 10.8. The maximum Gasteiger partial charge on any atom is 0.261 e. The van der Waals surface area contributed by atoms with E-state index in [-0.39, 0.29) is 12.2 Å². The Labute approximate surface area is 115 Å². The Balaban J connectivity index is 1.93. The van der Waals surface area contributed by atoms with Crippen LogP contribution in [-0.2, 0) is 10.4 Å². The predicted octanol–water partition coefficient (Wildman–Crippen LogP) is 2.00. The molecule has 2 heterocycles. The molecule has 0 fully saturated rings. The van der Waals surface area contributed by atoms with Gasteiger partial charge in [0, 0.05) is 11.3 Å². The number of hydrogen-bond acceptors (Lipinski definition) is 4. The summed E-state index contributed by atoms with van der Waals surface area (Å²) >= 11 is 0. The van der Waals surface area contributed by atoms with E-state index in [1.165, 1.54) is 0 Å². The number of hydrogen-bond donors (Lipinski definition) is 2. The van der Waals surface area contributed by atoms with Gasteiger partial charge in [-0.3, -0.25) is 9.59 Å². The van der Waals surface area contributed by atoms with Crippen LogP contribution in [0.15, 0.2) is 40.8 Å². The maximum atomic E-state index is 12.1. The molecular formula is C15H13NO4. The van der Waals surface area contributed by atoms with Crippen molar-refractivity contribution in [3.8, 4) is 0 Å². The van der Waals surface area contributed by atoms with E-state index in [4.69, 9.17) is 4.42 Å². The third kappa shape index (κ3) is 1.83. The van der Waals surface area contributed by atoms with Gasteiger partial charge >= 0.3 is 0 Å². The Morgan fingerprint density at radius 2 is 2.05 bits per heavy atom. The summed E-state index contributed by atoms with van der Waals surface area (Å²) in [6, 6.07) is 9.99. The van der Waals surface area contributed by atoms with Crippen LogP contribution >= 0.6 is 0 Å². The molecule has 0 unspecified atom stereocenters. The number of Topliss-reactive ketones (excluding diaryl/α,β-unsaturated/α-hetero) is 1. The number of benzene rings is 1. The van der Waals surface area contributed by atoms with Crippen molar-refractivity contribution >= 4 is 17.4 Å². The Hall–Kier alpha value is -2.40. The zero-order valence-corrected chi connectivity index (χ0v) is 10.8. The molecule has 1 atom stereocenters. The Kier molecular flexibility index (Phi) is 2.72. The molecule has 0 radical (unpaired) electrons. The highest BCUT2D eigenvalue weighted by Gasteiger charge is 2.46. The minimum absolute atomic E-state index is 0.146. The van der Waals surface area contributed by atoms with Crippen molar-refractivity contribution in [3.05, 3.63) is 53.5 Å². The number of furan rings is 1. The zero-order chi connectivity index (χ0) is 14.3. The fourth-order valence-corrected chi connectivity index (χ4v) is 2.38. The van der Waals surface area contributed by atoms with Crippen molar-refractivity contribution in [1.82, 2.24) is 0 Å². The van der Waals surface area contributed by atoms with E-state index in [2.05, 4.69) is 5.32 Å². The van der Waals surface area contributed by atoms with Crippen LogP contribution < -0.4 is 5.32 Å². The molecule has 0 bridgehead atoms. The number of aliphatic hydroxyl groups is 1. The van der Waals surface area contributed by atoms with Crippen molar-refractivity contribution in [2.75, 3.05) is 5.32 Å². The third-order valence-corrected chi connectivity index (χ3v) is 3.43. The third-order valence-electron chi connectivity index (χ3n) is 3.43. The van der Waals surface area contributed by atoms with Gasteiger partial charge in [-0.2, -0.15) is 0 Å². The van der Waals surface area contributed by atoms with Crippen molar-refractivity contribution in [3.63, 3.8) is 0 Å². The lowest BCUT2D eigenvalue weighted by Crippen LogP contribution is -2.36. The van der Waals surface area contributed by atoms with Gasteiger partial charge < -0.3 is 14.8 Å². The SMILES string of the molecule is Cc1ccc(C(=O)C[C@@]2(O)C(=O)Nc3ccccc32)o1. The van der Waals surface area contributed by atoms with Gasteiger partial charge in [0.15, 0.2) is 11.4 Å². The van der Waals surface area contributed by atoms with Crippen LogP contribution in [-0.4, -0.2) is 16.8 Å². The molecule has 1 aliphatic heterocycles. The van der Waals surface area contributed by atoms with Crippen LogP contribution in [0.5, 0.6) is 0 Å². The van der Waals surface area contributed by atoms with E-state index in [9.17, 15) is 14.7 Å². The van der Waals surface area contributed by atoms with E-state index in [1.54, 1.807) is 43.3 Å². The standard InChI is InChI=1S/C15H13NO4/c1-9-6-7-13(20-9)12(17)8-15(19)10-4-2-3-5-11(10)16-14(15)18/h2-7,19H,8H2,1H3,(H,16,18)/t15-/m0/s1. The second kappa shape index (κ2) is 4.31. The molecule has 2 aromatic rings. The molecule has 1 aromatic carbocycles. The van der Waals surface area contributed by atoms with Crippen LogP contribution in [0, 0.1) is 6.92 Å². The van der Waals surface area contributed by atoms with Gasteiger partial charge in [-0.1, -0.05) is 18.2 Å². The first-order chi connectivity index (χ1) is 9.50. The summed E-state index contributed by atoms with van der Waals surface area (Å²) in [7, 11) is 0. The number of para-hydroxylation sites is 1. The van der Waals surface area contributed by atoms with Crippen molar-refractivity contribution < 1.29 is 19.1 Å². The summed E-state index contributed by atoms with van der Waals surface area (Å²) in [5, 5.41) is 13.2. The molecule has 3 rings (SSSR count). The van der Waals surface area contributed by atoms with Gasteiger partial charge in [-0.05, 0) is 25.1 Å². The van der Waals surface area contributed by atoms with E-state index in [1.807, 2.05) is 0 Å². The highest BCUT2D eigenvalue weighted by atomic mass is 16.3. The summed E-state index contributed by atoms with van der Waals surface area (Å²) in [5.41, 5.74) is -0.890. The van der Waals surface area contributed by atoms with Gasteiger partial charge in [0.05, 0.1) is 6.42 Å². The van der Waals surface area contributed by atoms with Crippen LogP contribution in [0.2, 0.25) is 0 Å². The normalized spacial score (nSPS) is 20.6. The average molecular weight is 271 g/mol. The first-order valence-corrected chi connectivity index (χ1v) is 6.24. The van der Waals surface area contributed by atoms with Crippen molar-refractivity contribution in [1.29, 1.82) is 0 Å². The van der Waals surface area contributed by atoms with E-state index < -0.39 is 17.3 Å². The molecule has 20 heavy (non-hydrogen) atoms. The van der Waals surface area contributed by atoms with Crippen LogP contribution in [0.3, 0.4) is 0 Å². The molecular weight excluding hydrogens is 258 g/mol. The second-order valence-electron chi connectivity index (χ2n) is 4.87. The van der Waals surface area contributed by atoms with Gasteiger partial charge in [-0.15, -0.1) is 0 Å². The number of carbonyl (C=O) groups is 2. The molecule has 0 aliphatic carbocycles. The maximum absolute atomic E-state index is 12.1. The molecule has 0 saturated heterocycles. The Morgan fingerprint density at radius 1 is 1.30 bits per heavy atom. The summed E-state index contributed by atoms with van der Waals surface area (Å²) < 4.78 is 5.23. The smallest absolute Gasteiger partial charge is 0.261 e. The highest BCUT2D eigenvalue weighted by molar-refractivity contribution is 6.08. The number of rotatable bonds is 3. The van der Waals surface area contributed by atoms with Crippen LogP contribution in [0.25, 0.3) is 0 Å². The van der Waals surface area contributed by atoms with Crippen molar-refractivity contribution in [2.45, 2.75) is 18.9 Å². The first kappa shape index (κ1) is 12.6. The largest absolute Gasteiger partial charge is 0.458 e. The number of nitrogens with one attached hydrogen (secondary N) is 1. The number of carbonyl (C=O) groups excluding carboxylic acids is 2. The van der Waals surface area contributed by atoms with Crippen molar-refractivity contribution in [2.24, 2.45) is 0 Å². The lowest BCUT2D eigenvalue weighted by Gasteiger charge is -2.19. The quantitative estimate of drug-likeness (QED) is 0.837. The Bertz CT molecular complexity index is 703. The Morgan fingerprint density at radius 3 is 2.75 bits per heavy atom. The molecule has 102 valence electrons. The fraction of sp³-hybridized carbons (Fsp3) is 0.200. The number of ketones is 1. The van der Waals surface area contributed by atoms with Gasteiger partial charge in [0.25, 0.3) is 5.91 Å². The van der Waals surface area contributed by atoms with Gasteiger partial charge in [0.1, 0.15) is 5.76 Å². The van der Waals surface area contributed by atoms with E-state index in [0.29, 0.717) is 17.0 Å². The van der Waals surface area contributed by atoms with E-state index >= 15 is 0 Å². The second-order valence-corrected chi connectivity index (χ2v) is 4.87. The highest BCUT2D eigenvalue weighted by Crippen LogP contribution is 2.38.